The van der Waals surface area contributed by atoms with E-state index >= 15 is 0 Å². The summed E-state index contributed by atoms with van der Waals surface area (Å²) < 4.78 is 42.9. The molecule has 0 aliphatic heterocycles. The van der Waals surface area contributed by atoms with Gasteiger partial charge in [0, 0.05) is 0 Å². The van der Waals surface area contributed by atoms with Gasteiger partial charge in [0.1, 0.15) is 32.4 Å². The maximum Gasteiger partial charge on any atom is 0.268 e. The number of aliphatic hydroxyl groups is 1. The zero-order valence-corrected chi connectivity index (χ0v) is 18.1. The molecule has 0 aliphatic carbocycles. The monoisotopic (exact) mass is 422 g/mol. The van der Waals surface area contributed by atoms with Crippen molar-refractivity contribution in [3.05, 3.63) is 0 Å². The molecule has 11 nitrogen and oxygen atoms in total. The molecule has 0 saturated carbocycles. The summed E-state index contributed by atoms with van der Waals surface area (Å²) in [7, 11) is 1.80. The molecule has 0 fully saturated rings. The maximum absolute atomic E-state index is 11.7. The van der Waals surface area contributed by atoms with E-state index in [2.05, 4.69) is 18.1 Å². The van der Waals surface area contributed by atoms with E-state index in [0.29, 0.717) is 22.1 Å². The van der Waals surface area contributed by atoms with Crippen LogP contribution in [0.4, 0.5) is 0 Å². The van der Waals surface area contributed by atoms with Gasteiger partial charge in [-0.25, -0.2) is 0 Å². The lowest BCUT2D eigenvalue weighted by atomic mass is 10.4. The molecule has 0 amide bonds. The summed E-state index contributed by atoms with van der Waals surface area (Å²) in [6, 6.07) is 0. The fourth-order valence-electron chi connectivity index (χ4n) is 1.39. The van der Waals surface area contributed by atoms with Crippen molar-refractivity contribution >= 4 is 15.6 Å². The van der Waals surface area contributed by atoms with Crippen molar-refractivity contribution in [2.75, 3.05) is 81.8 Å². The molecule has 13 heteroatoms. The number of hydrogen-bond donors (Lipinski definition) is 1. The Morgan fingerprint density at radius 3 is 1.65 bits per heavy atom. The first-order valence-electron chi connectivity index (χ1n) is 8.01. The molecule has 3 atom stereocenters. The highest BCUT2D eigenvalue weighted by Gasteiger charge is 2.22. The van der Waals surface area contributed by atoms with Gasteiger partial charge in [-0.1, -0.05) is 0 Å². The second-order valence-corrected chi connectivity index (χ2v) is 10.6. The van der Waals surface area contributed by atoms with Crippen LogP contribution in [0.25, 0.3) is 0 Å². The van der Waals surface area contributed by atoms with Crippen molar-refractivity contribution in [1.29, 1.82) is 0 Å². The molecule has 0 radical (unpaired) electrons. The van der Waals surface area contributed by atoms with Crippen LogP contribution in [-0.4, -0.2) is 102 Å². The summed E-state index contributed by atoms with van der Waals surface area (Å²) in [5.74, 6) is 0. The summed E-state index contributed by atoms with van der Waals surface area (Å²) >= 11 is 0. The van der Waals surface area contributed by atoms with E-state index in [9.17, 15) is 18.9 Å². The van der Waals surface area contributed by atoms with E-state index in [0.717, 1.165) is 0 Å². The normalized spacial score (nSPS) is 19.0. The summed E-state index contributed by atoms with van der Waals surface area (Å²) in [6.07, 6.45) is -1.42. The predicted octanol–water partition coefficient (Wildman–Crippen LogP) is -1.24. The van der Waals surface area contributed by atoms with E-state index in [4.69, 9.17) is 5.11 Å². The number of aliphatic hydroxyl groups excluding tert-OH is 1. The topological polar surface area (TPSA) is 137 Å². The number of quaternary nitrogens is 2. The maximum atomic E-state index is 11.7. The minimum absolute atomic E-state index is 0.0941. The van der Waals surface area contributed by atoms with E-state index in [-0.39, 0.29) is 13.2 Å². The van der Waals surface area contributed by atoms with Crippen LogP contribution in [0, 0.1) is 0 Å². The van der Waals surface area contributed by atoms with Crippen LogP contribution in [0.5, 0.6) is 0 Å². The number of phosphoric acid groups is 2. The molecule has 0 saturated heterocycles. The summed E-state index contributed by atoms with van der Waals surface area (Å²) in [6.45, 7) is -0.867. The minimum atomic E-state index is -4.71. The largest absolute Gasteiger partial charge is 0.756 e. The minimum Gasteiger partial charge on any atom is -0.756 e. The van der Waals surface area contributed by atoms with Crippen molar-refractivity contribution in [3.63, 3.8) is 0 Å². The van der Waals surface area contributed by atoms with Crippen LogP contribution in [0.15, 0.2) is 0 Å². The molecule has 158 valence electrons. The summed E-state index contributed by atoms with van der Waals surface area (Å²) in [5.41, 5.74) is 0. The molecular formula is C13H32N2O9P2. The Morgan fingerprint density at radius 2 is 1.27 bits per heavy atom. The van der Waals surface area contributed by atoms with Gasteiger partial charge in [0.05, 0.1) is 55.5 Å². The number of rotatable bonds is 14. The van der Waals surface area contributed by atoms with E-state index < -0.39 is 35.0 Å². The molecule has 26 heavy (non-hydrogen) atoms. The third-order valence-electron chi connectivity index (χ3n) is 2.92. The molecule has 0 aromatic heterocycles. The highest BCUT2D eigenvalue weighted by Crippen LogP contribution is 2.42. The molecule has 1 N–H and O–H groups in total. The van der Waals surface area contributed by atoms with E-state index in [1.165, 1.54) is 0 Å². The summed E-state index contributed by atoms with van der Waals surface area (Å²) in [5, 5.41) is 9.16. The summed E-state index contributed by atoms with van der Waals surface area (Å²) in [4.78, 5) is 23.4. The molecule has 0 aromatic rings. The lowest BCUT2D eigenvalue weighted by Crippen LogP contribution is -2.38. The average molecular weight is 422 g/mol. The van der Waals surface area contributed by atoms with Crippen LogP contribution in [-0.2, 0) is 27.2 Å². The Kier molecular flexibility index (Phi) is 10.6. The van der Waals surface area contributed by atoms with Gasteiger partial charge in [-0.2, -0.15) is 0 Å². The first-order valence-corrected chi connectivity index (χ1v) is 10.9. The van der Waals surface area contributed by atoms with Gasteiger partial charge < -0.3 is 42.0 Å². The Balaban J connectivity index is 4.39. The van der Waals surface area contributed by atoms with Gasteiger partial charge in [-0.15, -0.1) is 0 Å². The van der Waals surface area contributed by atoms with Crippen LogP contribution in [0.1, 0.15) is 0 Å². The standard InChI is InChI=1S/C13H32N2O9P2/c1-14(2,3)7-9-21-25(17,18)23-12-13(11-16)24-26(19,20)22-10-8-15(4,5)6/h13,16H,7-12H2,1-6H3. The third kappa shape index (κ3) is 15.2. The Labute approximate surface area is 155 Å². The highest BCUT2D eigenvalue weighted by atomic mass is 31.2. The quantitative estimate of drug-likeness (QED) is 0.269. The number of hydrogen-bond acceptors (Lipinski definition) is 9. The predicted molar refractivity (Wildman–Crippen MR) is 90.8 cm³/mol. The second kappa shape index (κ2) is 10.6. The van der Waals surface area contributed by atoms with Crippen molar-refractivity contribution in [2.45, 2.75) is 6.10 Å². The number of nitrogens with zero attached hydrogens (tertiary/aromatic N) is 2. The van der Waals surface area contributed by atoms with Gasteiger partial charge in [-0.3, -0.25) is 9.13 Å². The Hall–Kier alpha value is 0.1000. The van der Waals surface area contributed by atoms with E-state index in [1.807, 2.05) is 42.3 Å². The SMILES string of the molecule is C[N+](C)(C)CCOP(=O)([O-])OCC(CO)OP(=O)([O-])OCC[N+](C)(C)C. The van der Waals surface area contributed by atoms with Crippen molar-refractivity contribution in [3.8, 4) is 0 Å². The third-order valence-corrected chi connectivity index (χ3v) is 4.94. The zero-order valence-electron chi connectivity index (χ0n) is 16.3. The lowest BCUT2D eigenvalue weighted by Gasteiger charge is -2.31. The van der Waals surface area contributed by atoms with Crippen LogP contribution < -0.4 is 9.79 Å². The van der Waals surface area contributed by atoms with Gasteiger partial charge in [0.15, 0.2) is 0 Å². The van der Waals surface area contributed by atoms with Gasteiger partial charge >= 0.3 is 0 Å². The fourth-order valence-corrected chi connectivity index (χ4v) is 2.98. The van der Waals surface area contributed by atoms with Crippen LogP contribution in [0.2, 0.25) is 0 Å². The fraction of sp³-hybridized carbons (Fsp3) is 1.00. The number of phosphoric ester groups is 2. The van der Waals surface area contributed by atoms with Gasteiger partial charge in [-0.05, 0) is 0 Å². The van der Waals surface area contributed by atoms with Crippen molar-refractivity contribution < 1.29 is 51.1 Å². The molecule has 0 bridgehead atoms. The van der Waals surface area contributed by atoms with Gasteiger partial charge in [0.25, 0.3) is 15.6 Å². The first-order chi connectivity index (χ1) is 11.6. The van der Waals surface area contributed by atoms with Gasteiger partial charge in [0.2, 0.25) is 0 Å². The Morgan fingerprint density at radius 1 is 0.846 bits per heavy atom. The molecule has 0 aromatic carbocycles. The molecule has 0 rings (SSSR count). The smallest absolute Gasteiger partial charge is 0.268 e. The molecular weight excluding hydrogens is 390 g/mol. The molecule has 3 unspecified atom stereocenters. The van der Waals surface area contributed by atoms with E-state index in [1.54, 1.807) is 0 Å². The van der Waals surface area contributed by atoms with Crippen LogP contribution in [0.3, 0.4) is 0 Å². The Bertz CT molecular complexity index is 505. The number of likely N-dealkylation sites (N-methyl/N-ethyl adjacent to an activating group) is 2. The average Bonchev–Trinajstić information content (AvgIpc) is 2.39. The van der Waals surface area contributed by atoms with Crippen molar-refractivity contribution in [2.24, 2.45) is 0 Å². The van der Waals surface area contributed by atoms with Crippen molar-refractivity contribution in [1.82, 2.24) is 0 Å². The molecule has 0 heterocycles. The zero-order chi connectivity index (χ0) is 20.6. The molecule has 0 spiro atoms. The second-order valence-electron chi connectivity index (χ2n) is 7.79. The first kappa shape index (κ1) is 26.1. The molecule has 0 aliphatic rings. The lowest BCUT2D eigenvalue weighted by molar-refractivity contribution is -0.870. The van der Waals surface area contributed by atoms with Crippen LogP contribution >= 0.6 is 15.6 Å². The highest BCUT2D eigenvalue weighted by molar-refractivity contribution is 7.46.